The molecule has 1 aliphatic carbocycles. The predicted molar refractivity (Wildman–Crippen MR) is 140 cm³/mol. The van der Waals surface area contributed by atoms with Gasteiger partial charge in [0, 0.05) is 6.07 Å². The van der Waals surface area contributed by atoms with Gasteiger partial charge in [-0.05, 0) is 67.6 Å². The van der Waals surface area contributed by atoms with Crippen LogP contribution in [0.1, 0.15) is 31.2 Å². The summed E-state index contributed by atoms with van der Waals surface area (Å²) < 4.78 is 26.7. The van der Waals surface area contributed by atoms with Gasteiger partial charge in [-0.1, -0.05) is 66.7 Å². The van der Waals surface area contributed by atoms with E-state index >= 15 is 4.39 Å². The molecule has 0 spiro atoms. The minimum atomic E-state index is -0.621. The second-order valence-corrected chi connectivity index (χ2v) is 10.9. The summed E-state index contributed by atoms with van der Waals surface area (Å²) in [6.45, 7) is -0.339. The summed E-state index contributed by atoms with van der Waals surface area (Å²) in [6, 6.07) is 35.0. The van der Waals surface area contributed by atoms with Crippen LogP contribution in [0.2, 0.25) is 0 Å². The number of carbonyl (C=O) groups is 1. The molecule has 0 atom stereocenters. The molecule has 3 nitrogen and oxygen atoms in total. The number of hydrogen-bond donors (Lipinski definition) is 0. The van der Waals surface area contributed by atoms with Crippen LogP contribution in [0.3, 0.4) is 0 Å². The molecule has 4 aromatic carbocycles. The molecule has 0 aromatic heterocycles. The van der Waals surface area contributed by atoms with Gasteiger partial charge in [0.1, 0.15) is 5.60 Å². The van der Waals surface area contributed by atoms with Crippen LogP contribution < -0.4 is 4.74 Å². The van der Waals surface area contributed by atoms with E-state index in [1.165, 1.54) is 6.07 Å². The van der Waals surface area contributed by atoms with E-state index in [-0.39, 0.29) is 12.4 Å². The molecule has 5 rings (SSSR count). The highest BCUT2D eigenvalue weighted by Crippen LogP contribution is 2.42. The summed E-state index contributed by atoms with van der Waals surface area (Å²) in [6.07, 6.45) is 3.58. The van der Waals surface area contributed by atoms with Crippen molar-refractivity contribution in [3.05, 3.63) is 121 Å². The largest absolute Gasteiger partial charge is 0.479 e. The van der Waals surface area contributed by atoms with Crippen molar-refractivity contribution in [1.29, 1.82) is 0 Å². The van der Waals surface area contributed by atoms with Crippen LogP contribution in [-0.4, -0.2) is 12.6 Å². The summed E-state index contributed by atoms with van der Waals surface area (Å²) in [5.74, 6) is -0.943. The van der Waals surface area contributed by atoms with Crippen LogP contribution in [0.4, 0.5) is 4.39 Å². The van der Waals surface area contributed by atoms with Gasteiger partial charge in [0.25, 0.3) is 0 Å². The SMILES string of the molecule is O=C(COc1ccc([S+](c2ccccc2)c2ccccc2)cc1F)OC1(c2ccccc2)CCCC1. The van der Waals surface area contributed by atoms with Crippen LogP contribution in [0.15, 0.2) is 124 Å². The van der Waals surface area contributed by atoms with Crippen molar-refractivity contribution in [2.45, 2.75) is 46.0 Å². The van der Waals surface area contributed by atoms with Gasteiger partial charge in [0.05, 0.1) is 10.9 Å². The number of esters is 1. The number of carbonyl (C=O) groups excluding carboxylic acids is 1. The van der Waals surface area contributed by atoms with Gasteiger partial charge < -0.3 is 9.47 Å². The Hall–Kier alpha value is -3.57. The summed E-state index contributed by atoms with van der Waals surface area (Å²) in [7, 11) is -0.463. The molecule has 0 bridgehead atoms. The highest BCUT2D eigenvalue weighted by Gasteiger charge is 2.39. The lowest BCUT2D eigenvalue weighted by molar-refractivity contribution is -0.163. The molecule has 0 N–H and O–H groups in total. The molecule has 4 aromatic rings. The lowest BCUT2D eigenvalue weighted by atomic mass is 9.92. The van der Waals surface area contributed by atoms with Gasteiger partial charge in [-0.25, -0.2) is 9.18 Å². The average molecular weight is 500 g/mol. The van der Waals surface area contributed by atoms with Crippen molar-refractivity contribution in [2.24, 2.45) is 0 Å². The third-order valence-corrected chi connectivity index (χ3v) is 8.68. The third kappa shape index (κ3) is 5.31. The Kier molecular flexibility index (Phi) is 7.38. The zero-order chi connectivity index (χ0) is 24.8. The van der Waals surface area contributed by atoms with Gasteiger partial charge in [0.15, 0.2) is 32.9 Å². The molecular weight excluding hydrogens is 471 g/mol. The molecule has 0 radical (unpaired) electrons. The topological polar surface area (TPSA) is 35.5 Å². The van der Waals surface area contributed by atoms with E-state index in [1.807, 2.05) is 72.8 Å². The Morgan fingerprint density at radius 2 is 1.31 bits per heavy atom. The fourth-order valence-electron chi connectivity index (χ4n) is 4.77. The Balaban J connectivity index is 1.31. The lowest BCUT2D eigenvalue weighted by Crippen LogP contribution is -2.31. The van der Waals surface area contributed by atoms with E-state index < -0.39 is 28.3 Å². The molecule has 36 heavy (non-hydrogen) atoms. The Labute approximate surface area is 214 Å². The summed E-state index contributed by atoms with van der Waals surface area (Å²) in [4.78, 5) is 15.8. The highest BCUT2D eigenvalue weighted by atomic mass is 32.2. The number of benzene rings is 4. The predicted octanol–water partition coefficient (Wildman–Crippen LogP) is 7.31. The molecule has 1 fully saturated rings. The Morgan fingerprint density at radius 1 is 0.750 bits per heavy atom. The van der Waals surface area contributed by atoms with E-state index in [2.05, 4.69) is 24.3 Å². The second kappa shape index (κ2) is 11.0. The second-order valence-electron chi connectivity index (χ2n) is 8.85. The molecule has 1 aliphatic rings. The highest BCUT2D eigenvalue weighted by molar-refractivity contribution is 7.97. The maximum atomic E-state index is 15.2. The molecule has 0 amide bonds. The van der Waals surface area contributed by atoms with E-state index in [0.717, 1.165) is 45.9 Å². The van der Waals surface area contributed by atoms with Gasteiger partial charge in [0.2, 0.25) is 0 Å². The van der Waals surface area contributed by atoms with Crippen molar-refractivity contribution in [3.63, 3.8) is 0 Å². The van der Waals surface area contributed by atoms with Crippen LogP contribution in [0, 0.1) is 5.82 Å². The van der Waals surface area contributed by atoms with Gasteiger partial charge in [-0.3, -0.25) is 0 Å². The molecule has 5 heteroatoms. The maximum Gasteiger partial charge on any atom is 0.345 e. The van der Waals surface area contributed by atoms with Crippen LogP contribution >= 0.6 is 0 Å². The quantitative estimate of drug-likeness (QED) is 0.188. The van der Waals surface area contributed by atoms with E-state index in [0.29, 0.717) is 0 Å². The van der Waals surface area contributed by atoms with Crippen molar-refractivity contribution >= 4 is 16.9 Å². The molecule has 1 saturated carbocycles. The summed E-state index contributed by atoms with van der Waals surface area (Å²) >= 11 is 0. The first-order chi connectivity index (χ1) is 17.6. The summed E-state index contributed by atoms with van der Waals surface area (Å²) in [5, 5.41) is 0. The number of ether oxygens (including phenoxy) is 2. The third-order valence-electron chi connectivity index (χ3n) is 6.46. The normalized spacial score (nSPS) is 14.5. The first kappa shape index (κ1) is 24.1. The molecular formula is C31H28FO3S+. The Bertz CT molecular complexity index is 1250. The van der Waals surface area contributed by atoms with Gasteiger partial charge >= 0.3 is 5.97 Å². The molecule has 0 heterocycles. The van der Waals surface area contributed by atoms with E-state index in [9.17, 15) is 4.79 Å². The maximum absolute atomic E-state index is 15.2. The van der Waals surface area contributed by atoms with Crippen LogP contribution in [0.5, 0.6) is 5.75 Å². The van der Waals surface area contributed by atoms with Crippen molar-refractivity contribution in [3.8, 4) is 5.75 Å². The zero-order valence-electron chi connectivity index (χ0n) is 19.9. The number of rotatable bonds is 8. The van der Waals surface area contributed by atoms with Crippen LogP contribution in [-0.2, 0) is 26.0 Å². The van der Waals surface area contributed by atoms with Gasteiger partial charge in [-0.2, -0.15) is 0 Å². The van der Waals surface area contributed by atoms with Crippen molar-refractivity contribution < 1.29 is 18.7 Å². The standard InChI is InChI=1S/C31H28FO3S/c32-28-22-27(36(25-14-6-2-7-15-25)26-16-8-3-9-17-26)18-19-29(28)34-23-30(33)35-31(20-10-11-21-31)24-12-4-1-5-13-24/h1-9,12-19,22H,10-11,20-21,23H2/q+1. The summed E-state index contributed by atoms with van der Waals surface area (Å²) in [5.41, 5.74) is 0.379. The lowest BCUT2D eigenvalue weighted by Gasteiger charge is -2.29. The monoisotopic (exact) mass is 499 g/mol. The molecule has 0 aliphatic heterocycles. The minimum Gasteiger partial charge on any atom is -0.479 e. The Morgan fingerprint density at radius 3 is 1.86 bits per heavy atom. The van der Waals surface area contributed by atoms with Gasteiger partial charge in [-0.15, -0.1) is 0 Å². The van der Waals surface area contributed by atoms with Crippen molar-refractivity contribution in [1.82, 2.24) is 0 Å². The van der Waals surface area contributed by atoms with E-state index in [4.69, 9.17) is 9.47 Å². The zero-order valence-corrected chi connectivity index (χ0v) is 20.8. The van der Waals surface area contributed by atoms with Crippen molar-refractivity contribution in [2.75, 3.05) is 6.61 Å². The number of hydrogen-bond acceptors (Lipinski definition) is 3. The number of halogens is 1. The van der Waals surface area contributed by atoms with Crippen LogP contribution in [0.25, 0.3) is 0 Å². The molecule has 0 unspecified atom stereocenters. The first-order valence-electron chi connectivity index (χ1n) is 12.2. The first-order valence-corrected chi connectivity index (χ1v) is 13.4. The molecule has 182 valence electrons. The average Bonchev–Trinajstić information content (AvgIpc) is 3.40. The molecule has 0 saturated heterocycles. The fourth-order valence-corrected chi connectivity index (χ4v) is 6.87. The van der Waals surface area contributed by atoms with E-state index in [1.54, 1.807) is 6.07 Å². The minimum absolute atomic E-state index is 0.0422. The smallest absolute Gasteiger partial charge is 0.345 e. The fraction of sp³-hybridized carbons (Fsp3) is 0.194.